The lowest BCUT2D eigenvalue weighted by Crippen LogP contribution is -1.95. The molecule has 0 saturated carbocycles. The molecule has 2 N–H and O–H groups in total. The van der Waals surface area contributed by atoms with Crippen molar-refractivity contribution in [3.05, 3.63) is 59.4 Å². The molecule has 7 heteroatoms. The minimum atomic E-state index is -0.215. The Kier molecular flexibility index (Phi) is 5.00. The average molecular weight is 344 g/mol. The molecule has 0 unspecified atom stereocenters. The normalized spacial score (nSPS) is 10.6. The molecule has 3 rings (SSSR count). The maximum absolute atomic E-state index is 13.6. The molecule has 24 heavy (non-hydrogen) atoms. The minimum absolute atomic E-state index is 0.215. The molecule has 0 bridgehead atoms. The fourth-order valence-corrected chi connectivity index (χ4v) is 2.94. The van der Waals surface area contributed by atoms with Gasteiger partial charge in [-0.15, -0.1) is 5.10 Å². The van der Waals surface area contributed by atoms with Crippen LogP contribution in [0.25, 0.3) is 0 Å². The largest absolute Gasteiger partial charge is 0.497 e. The summed E-state index contributed by atoms with van der Waals surface area (Å²) >= 11 is 1.38. The van der Waals surface area contributed by atoms with Crippen LogP contribution < -0.4 is 10.1 Å². The van der Waals surface area contributed by atoms with E-state index >= 15 is 0 Å². The van der Waals surface area contributed by atoms with E-state index in [2.05, 4.69) is 20.5 Å². The van der Waals surface area contributed by atoms with Crippen LogP contribution in [-0.2, 0) is 5.75 Å². The molecule has 1 aromatic heterocycles. The van der Waals surface area contributed by atoms with Gasteiger partial charge in [0.2, 0.25) is 11.1 Å². The van der Waals surface area contributed by atoms with Crippen LogP contribution in [0.2, 0.25) is 0 Å². The maximum atomic E-state index is 13.6. The highest BCUT2D eigenvalue weighted by Gasteiger charge is 2.08. The Morgan fingerprint density at radius 3 is 2.83 bits per heavy atom. The van der Waals surface area contributed by atoms with E-state index in [1.807, 2.05) is 31.2 Å². The van der Waals surface area contributed by atoms with E-state index in [1.54, 1.807) is 19.2 Å². The fourth-order valence-electron chi connectivity index (χ4n) is 2.16. The van der Waals surface area contributed by atoms with Crippen molar-refractivity contribution in [3.63, 3.8) is 0 Å². The second-order valence-corrected chi connectivity index (χ2v) is 6.10. The predicted molar refractivity (Wildman–Crippen MR) is 93.4 cm³/mol. The Morgan fingerprint density at radius 2 is 2.08 bits per heavy atom. The van der Waals surface area contributed by atoms with Gasteiger partial charge in [-0.1, -0.05) is 30.0 Å². The Balaban J connectivity index is 1.64. The quantitative estimate of drug-likeness (QED) is 0.653. The van der Waals surface area contributed by atoms with Crippen LogP contribution in [-0.4, -0.2) is 22.3 Å². The molecular weight excluding hydrogens is 327 g/mol. The first-order valence-electron chi connectivity index (χ1n) is 7.36. The van der Waals surface area contributed by atoms with Crippen LogP contribution in [0.5, 0.6) is 5.75 Å². The molecule has 5 nitrogen and oxygen atoms in total. The van der Waals surface area contributed by atoms with E-state index in [1.165, 1.54) is 17.8 Å². The summed E-state index contributed by atoms with van der Waals surface area (Å²) in [5.74, 6) is 1.61. The van der Waals surface area contributed by atoms with Gasteiger partial charge in [0.15, 0.2) is 0 Å². The number of ether oxygens (including phenoxy) is 1. The summed E-state index contributed by atoms with van der Waals surface area (Å²) in [6.45, 7) is 1.98. The zero-order valence-corrected chi connectivity index (χ0v) is 14.2. The van der Waals surface area contributed by atoms with E-state index < -0.39 is 0 Å². The number of benzene rings is 2. The molecule has 0 atom stereocenters. The Bertz CT molecular complexity index is 837. The summed E-state index contributed by atoms with van der Waals surface area (Å²) in [5.41, 5.74) is 2.58. The average Bonchev–Trinajstić information content (AvgIpc) is 3.03. The molecule has 1 heterocycles. The summed E-state index contributed by atoms with van der Waals surface area (Å²) in [6, 6.07) is 12.4. The van der Waals surface area contributed by atoms with Crippen molar-refractivity contribution in [3.8, 4) is 5.75 Å². The number of aryl methyl sites for hydroxylation is 1. The number of nitrogens with zero attached hydrogens (tertiary/aromatic N) is 2. The molecule has 0 radical (unpaired) electrons. The topological polar surface area (TPSA) is 62.8 Å². The number of rotatable bonds is 6. The molecule has 2 aromatic carbocycles. The lowest BCUT2D eigenvalue weighted by Gasteiger charge is -2.08. The number of anilines is 2. The van der Waals surface area contributed by atoms with Crippen molar-refractivity contribution in [1.29, 1.82) is 0 Å². The van der Waals surface area contributed by atoms with E-state index in [4.69, 9.17) is 4.74 Å². The van der Waals surface area contributed by atoms with Crippen molar-refractivity contribution in [2.75, 3.05) is 12.4 Å². The zero-order chi connectivity index (χ0) is 16.9. The number of aromatic nitrogens is 3. The minimum Gasteiger partial charge on any atom is -0.497 e. The molecule has 0 spiro atoms. The van der Waals surface area contributed by atoms with Gasteiger partial charge in [0.25, 0.3) is 0 Å². The third kappa shape index (κ3) is 3.86. The van der Waals surface area contributed by atoms with Gasteiger partial charge in [-0.05, 0) is 42.3 Å². The highest BCUT2D eigenvalue weighted by molar-refractivity contribution is 7.98. The van der Waals surface area contributed by atoms with Crippen LogP contribution in [0.3, 0.4) is 0 Å². The zero-order valence-electron chi connectivity index (χ0n) is 13.3. The SMILES string of the molecule is COc1ccc(Nc2nc(SCc3ccccc3F)n[nH]2)c(C)c1. The monoisotopic (exact) mass is 344 g/mol. The molecular formula is C17H17FN4OS. The first-order valence-corrected chi connectivity index (χ1v) is 8.34. The molecule has 0 saturated heterocycles. The summed E-state index contributed by atoms with van der Waals surface area (Å²) in [7, 11) is 1.64. The standard InChI is InChI=1S/C17H17FN4OS/c1-11-9-13(23-2)7-8-15(11)19-16-20-17(22-21-16)24-10-12-5-3-4-6-14(12)18/h3-9H,10H2,1-2H3,(H2,19,20,21,22). The molecule has 0 amide bonds. The van der Waals surface area contributed by atoms with Crippen molar-refractivity contribution in [1.82, 2.24) is 15.2 Å². The lowest BCUT2D eigenvalue weighted by molar-refractivity contribution is 0.414. The summed E-state index contributed by atoms with van der Waals surface area (Å²) < 4.78 is 18.8. The number of nitrogens with one attached hydrogen (secondary N) is 2. The number of H-pyrrole nitrogens is 1. The van der Waals surface area contributed by atoms with Gasteiger partial charge >= 0.3 is 0 Å². The van der Waals surface area contributed by atoms with E-state index in [9.17, 15) is 4.39 Å². The van der Waals surface area contributed by atoms with Crippen LogP contribution in [0.15, 0.2) is 47.6 Å². The summed E-state index contributed by atoms with van der Waals surface area (Å²) in [4.78, 5) is 4.37. The van der Waals surface area contributed by atoms with Crippen LogP contribution in [0.1, 0.15) is 11.1 Å². The van der Waals surface area contributed by atoms with Gasteiger partial charge in [0.05, 0.1) is 7.11 Å². The molecule has 3 aromatic rings. The van der Waals surface area contributed by atoms with Gasteiger partial charge < -0.3 is 10.1 Å². The van der Waals surface area contributed by atoms with Gasteiger partial charge in [0, 0.05) is 11.4 Å². The number of hydrogen-bond donors (Lipinski definition) is 2. The number of hydrogen-bond acceptors (Lipinski definition) is 5. The molecule has 0 fully saturated rings. The first kappa shape index (κ1) is 16.3. The van der Waals surface area contributed by atoms with Crippen molar-refractivity contribution in [2.24, 2.45) is 0 Å². The van der Waals surface area contributed by atoms with Crippen molar-refractivity contribution < 1.29 is 9.13 Å². The third-order valence-electron chi connectivity index (χ3n) is 3.47. The third-order valence-corrected chi connectivity index (χ3v) is 4.36. The second-order valence-electron chi connectivity index (χ2n) is 5.15. The number of aromatic amines is 1. The molecule has 0 aliphatic rings. The Hall–Kier alpha value is -2.54. The first-order chi connectivity index (χ1) is 11.7. The Labute approximate surface area is 143 Å². The van der Waals surface area contributed by atoms with Crippen LogP contribution in [0.4, 0.5) is 16.0 Å². The smallest absolute Gasteiger partial charge is 0.223 e. The summed E-state index contributed by atoms with van der Waals surface area (Å²) in [5, 5.41) is 10.7. The Morgan fingerprint density at radius 1 is 1.25 bits per heavy atom. The van der Waals surface area contributed by atoms with Crippen LogP contribution in [0, 0.1) is 12.7 Å². The van der Waals surface area contributed by atoms with E-state index in [0.29, 0.717) is 22.4 Å². The van der Waals surface area contributed by atoms with E-state index in [0.717, 1.165) is 17.0 Å². The highest BCUT2D eigenvalue weighted by atomic mass is 32.2. The van der Waals surface area contributed by atoms with Gasteiger partial charge in [0.1, 0.15) is 11.6 Å². The van der Waals surface area contributed by atoms with Gasteiger partial charge in [-0.2, -0.15) is 4.98 Å². The fraction of sp³-hybridized carbons (Fsp3) is 0.176. The number of halogens is 1. The predicted octanol–water partition coefficient (Wildman–Crippen LogP) is 4.30. The molecule has 0 aliphatic carbocycles. The maximum Gasteiger partial charge on any atom is 0.223 e. The number of methoxy groups -OCH3 is 1. The van der Waals surface area contributed by atoms with Crippen molar-refractivity contribution in [2.45, 2.75) is 17.8 Å². The summed E-state index contributed by atoms with van der Waals surface area (Å²) in [6.07, 6.45) is 0. The molecule has 124 valence electrons. The lowest BCUT2D eigenvalue weighted by atomic mass is 10.2. The van der Waals surface area contributed by atoms with Crippen molar-refractivity contribution >= 4 is 23.4 Å². The second kappa shape index (κ2) is 7.35. The van der Waals surface area contributed by atoms with E-state index in [-0.39, 0.29) is 5.82 Å². The van der Waals surface area contributed by atoms with Gasteiger partial charge in [-0.25, -0.2) is 9.49 Å². The molecule has 0 aliphatic heterocycles. The van der Waals surface area contributed by atoms with Crippen LogP contribution >= 0.6 is 11.8 Å². The highest BCUT2D eigenvalue weighted by Crippen LogP contribution is 2.25. The number of thioether (sulfide) groups is 1. The van der Waals surface area contributed by atoms with Gasteiger partial charge in [-0.3, -0.25) is 0 Å².